The van der Waals surface area contributed by atoms with Gasteiger partial charge in [0.2, 0.25) is 11.8 Å². The second kappa shape index (κ2) is 6.58. The Balaban J connectivity index is 1.59. The maximum Gasteiger partial charge on any atom is 0.242 e. The Hall–Kier alpha value is -1.84. The van der Waals surface area contributed by atoms with E-state index in [1.54, 1.807) is 0 Å². The van der Waals surface area contributed by atoms with Gasteiger partial charge in [0.25, 0.3) is 0 Å². The van der Waals surface area contributed by atoms with Crippen molar-refractivity contribution in [3.63, 3.8) is 0 Å². The summed E-state index contributed by atoms with van der Waals surface area (Å²) in [6, 6.07) is 8.47. The zero-order chi connectivity index (χ0) is 16.5. The molecule has 2 heterocycles. The van der Waals surface area contributed by atoms with Crippen LogP contribution in [0.1, 0.15) is 55.7 Å². The number of hydrogen-bond acceptors (Lipinski definition) is 2. The fourth-order valence-electron chi connectivity index (χ4n) is 4.65. The summed E-state index contributed by atoms with van der Waals surface area (Å²) >= 11 is 0. The molecule has 1 saturated carbocycles. The molecule has 2 fully saturated rings. The molecule has 2 aliphatic heterocycles. The summed E-state index contributed by atoms with van der Waals surface area (Å²) in [6.07, 6.45) is 7.56. The molecule has 1 aromatic carbocycles. The van der Waals surface area contributed by atoms with Crippen molar-refractivity contribution in [2.45, 2.75) is 51.0 Å². The first-order valence-electron chi connectivity index (χ1n) is 9.40. The van der Waals surface area contributed by atoms with E-state index in [2.05, 4.69) is 24.3 Å². The van der Waals surface area contributed by atoms with Gasteiger partial charge in [0, 0.05) is 19.0 Å². The van der Waals surface area contributed by atoms with Crippen LogP contribution in [0.2, 0.25) is 0 Å². The van der Waals surface area contributed by atoms with E-state index in [1.807, 2.05) is 9.80 Å². The van der Waals surface area contributed by atoms with Gasteiger partial charge in [0.05, 0.1) is 12.6 Å². The molecule has 0 spiro atoms. The summed E-state index contributed by atoms with van der Waals surface area (Å²) in [5.74, 6) is 0.468. The van der Waals surface area contributed by atoms with Gasteiger partial charge in [0.1, 0.15) is 0 Å². The van der Waals surface area contributed by atoms with Gasteiger partial charge in [-0.15, -0.1) is 0 Å². The van der Waals surface area contributed by atoms with Crippen molar-refractivity contribution in [2.75, 3.05) is 19.6 Å². The highest BCUT2D eigenvalue weighted by molar-refractivity contribution is 5.87. The summed E-state index contributed by atoms with van der Waals surface area (Å²) < 4.78 is 0. The van der Waals surface area contributed by atoms with Crippen molar-refractivity contribution >= 4 is 11.8 Å². The van der Waals surface area contributed by atoms with Gasteiger partial charge in [-0.3, -0.25) is 9.59 Å². The first-order valence-corrected chi connectivity index (χ1v) is 9.40. The van der Waals surface area contributed by atoms with Crippen molar-refractivity contribution in [3.05, 3.63) is 35.4 Å². The minimum Gasteiger partial charge on any atom is -0.332 e. The molecular formula is C20H26N2O2. The van der Waals surface area contributed by atoms with Crippen LogP contribution in [0.5, 0.6) is 0 Å². The van der Waals surface area contributed by atoms with Crippen molar-refractivity contribution in [3.8, 4) is 0 Å². The van der Waals surface area contributed by atoms with Crippen LogP contribution in [0, 0.1) is 5.92 Å². The minimum atomic E-state index is 0.0393. The maximum atomic E-state index is 12.9. The van der Waals surface area contributed by atoms with Crippen molar-refractivity contribution in [2.24, 2.45) is 5.92 Å². The van der Waals surface area contributed by atoms with Crippen LogP contribution in [-0.2, 0) is 16.0 Å². The molecule has 0 N–H and O–H groups in total. The number of rotatable bonds is 1. The van der Waals surface area contributed by atoms with Gasteiger partial charge >= 0.3 is 0 Å². The second-order valence-electron chi connectivity index (χ2n) is 7.46. The Morgan fingerprint density at radius 2 is 1.83 bits per heavy atom. The van der Waals surface area contributed by atoms with E-state index in [4.69, 9.17) is 0 Å². The molecule has 128 valence electrons. The van der Waals surface area contributed by atoms with E-state index in [-0.39, 0.29) is 30.3 Å². The number of fused-ring (bicyclic) bond motifs is 3. The number of benzene rings is 1. The third-order valence-electron chi connectivity index (χ3n) is 5.94. The number of amides is 2. The average Bonchev–Trinajstić information content (AvgIpc) is 2.82. The van der Waals surface area contributed by atoms with E-state index in [9.17, 15) is 9.59 Å². The lowest BCUT2D eigenvalue weighted by molar-refractivity contribution is -0.151. The van der Waals surface area contributed by atoms with E-state index in [1.165, 1.54) is 17.5 Å². The number of nitrogens with zero attached hydrogens (tertiary/aromatic N) is 2. The molecule has 2 amide bonds. The van der Waals surface area contributed by atoms with E-state index < -0.39 is 0 Å². The number of piperazine rings is 1. The Bertz CT molecular complexity index is 636. The summed E-state index contributed by atoms with van der Waals surface area (Å²) in [5, 5.41) is 0. The van der Waals surface area contributed by atoms with Gasteiger partial charge < -0.3 is 9.80 Å². The standard InChI is InChI=1S/C20H26N2O2/c23-19-14-21(20(24)16-8-2-1-3-9-16)13-18-17-11-5-4-7-15(17)10-6-12-22(18)19/h4-5,7,11,16,18H,1-3,6,8-10,12-14H2/t18-/m1/s1. The number of hydrogen-bond donors (Lipinski definition) is 0. The van der Waals surface area contributed by atoms with Crippen LogP contribution in [0.4, 0.5) is 0 Å². The molecule has 4 rings (SSSR count). The number of carbonyl (C=O) groups excluding carboxylic acids is 2. The Labute approximate surface area is 143 Å². The maximum absolute atomic E-state index is 12.9. The van der Waals surface area contributed by atoms with Crippen LogP contribution in [0.3, 0.4) is 0 Å². The Morgan fingerprint density at radius 1 is 1.04 bits per heavy atom. The zero-order valence-electron chi connectivity index (χ0n) is 14.2. The van der Waals surface area contributed by atoms with Gasteiger partial charge in [0.15, 0.2) is 0 Å². The first kappa shape index (κ1) is 15.7. The largest absolute Gasteiger partial charge is 0.332 e. The fourth-order valence-corrected chi connectivity index (χ4v) is 4.65. The minimum absolute atomic E-state index is 0.0393. The molecule has 0 bridgehead atoms. The highest BCUT2D eigenvalue weighted by Crippen LogP contribution is 2.34. The SMILES string of the molecule is O=C(C1CCCCC1)N1CC(=O)N2CCCc3ccccc3[C@H]2C1. The summed E-state index contributed by atoms with van der Waals surface area (Å²) in [5.41, 5.74) is 2.58. The predicted molar refractivity (Wildman–Crippen MR) is 92.4 cm³/mol. The molecule has 4 heteroatoms. The van der Waals surface area contributed by atoms with E-state index in [0.717, 1.165) is 45.1 Å². The second-order valence-corrected chi connectivity index (χ2v) is 7.46. The Kier molecular flexibility index (Phi) is 4.30. The molecule has 1 saturated heterocycles. The molecule has 1 aromatic rings. The molecule has 0 radical (unpaired) electrons. The lowest BCUT2D eigenvalue weighted by atomic mass is 9.87. The summed E-state index contributed by atoms with van der Waals surface area (Å²) in [7, 11) is 0. The predicted octanol–water partition coefficient (Wildman–Crippen LogP) is 2.93. The van der Waals surface area contributed by atoms with E-state index in [0.29, 0.717) is 6.54 Å². The van der Waals surface area contributed by atoms with Crippen LogP contribution >= 0.6 is 0 Å². The molecular weight excluding hydrogens is 300 g/mol. The monoisotopic (exact) mass is 326 g/mol. The van der Waals surface area contributed by atoms with Crippen LogP contribution in [0.15, 0.2) is 24.3 Å². The quantitative estimate of drug-likeness (QED) is 0.796. The smallest absolute Gasteiger partial charge is 0.242 e. The van der Waals surface area contributed by atoms with Crippen LogP contribution < -0.4 is 0 Å². The highest BCUT2D eigenvalue weighted by Gasteiger charge is 2.39. The normalized spacial score (nSPS) is 25.0. The van der Waals surface area contributed by atoms with Crippen LogP contribution in [-0.4, -0.2) is 41.2 Å². The molecule has 0 aromatic heterocycles. The molecule has 3 aliphatic rings. The van der Waals surface area contributed by atoms with Crippen molar-refractivity contribution in [1.29, 1.82) is 0 Å². The summed E-state index contributed by atoms with van der Waals surface area (Å²) in [6.45, 7) is 1.75. The molecule has 1 atom stereocenters. The lowest BCUT2D eigenvalue weighted by Gasteiger charge is -2.42. The molecule has 24 heavy (non-hydrogen) atoms. The topological polar surface area (TPSA) is 40.6 Å². The fraction of sp³-hybridized carbons (Fsp3) is 0.600. The highest BCUT2D eigenvalue weighted by atomic mass is 16.2. The molecule has 0 unspecified atom stereocenters. The molecule has 1 aliphatic carbocycles. The zero-order valence-corrected chi connectivity index (χ0v) is 14.2. The van der Waals surface area contributed by atoms with Gasteiger partial charge in [-0.05, 0) is 36.8 Å². The van der Waals surface area contributed by atoms with Crippen molar-refractivity contribution < 1.29 is 9.59 Å². The van der Waals surface area contributed by atoms with E-state index >= 15 is 0 Å². The third-order valence-corrected chi connectivity index (χ3v) is 5.94. The van der Waals surface area contributed by atoms with Gasteiger partial charge in [-0.2, -0.15) is 0 Å². The third kappa shape index (κ3) is 2.83. The van der Waals surface area contributed by atoms with Gasteiger partial charge in [-0.25, -0.2) is 0 Å². The average molecular weight is 326 g/mol. The molecule has 4 nitrogen and oxygen atoms in total. The van der Waals surface area contributed by atoms with Gasteiger partial charge in [-0.1, -0.05) is 43.5 Å². The van der Waals surface area contributed by atoms with Crippen LogP contribution in [0.25, 0.3) is 0 Å². The first-order chi connectivity index (χ1) is 11.7. The van der Waals surface area contributed by atoms with Crippen molar-refractivity contribution in [1.82, 2.24) is 9.80 Å². The lowest BCUT2D eigenvalue weighted by Crippen LogP contribution is -2.55. The number of carbonyl (C=O) groups is 2. The Morgan fingerprint density at radius 3 is 2.67 bits per heavy atom. The summed E-state index contributed by atoms with van der Waals surface area (Å²) in [4.78, 5) is 29.5. The number of aryl methyl sites for hydroxylation is 1.